The molecule has 0 radical (unpaired) electrons. The molecular weight excluding hydrogens is 711 g/mol. The molecule has 0 fully saturated rings. The van der Waals surface area contributed by atoms with Crippen molar-refractivity contribution in [2.24, 2.45) is 0 Å². The molecule has 0 unspecified atom stereocenters. The van der Waals surface area contributed by atoms with Crippen LogP contribution in [0.1, 0.15) is 22.5 Å². The summed E-state index contributed by atoms with van der Waals surface area (Å²) in [6.07, 6.45) is 0. The summed E-state index contributed by atoms with van der Waals surface area (Å²) in [6, 6.07) is 55.6. The quantitative estimate of drug-likeness (QED) is 0.164. The molecule has 0 saturated heterocycles. The lowest BCUT2D eigenvalue weighted by atomic mass is 10.0. The van der Waals surface area contributed by atoms with E-state index >= 15 is 0 Å². The summed E-state index contributed by atoms with van der Waals surface area (Å²) in [7, 11) is 0. The average molecular weight is 742 g/mol. The van der Waals surface area contributed by atoms with Gasteiger partial charge in [-0.05, 0) is 96.8 Å². The van der Waals surface area contributed by atoms with Crippen LogP contribution in [0.5, 0.6) is 0 Å². The molecule has 10 rings (SSSR count). The monoisotopic (exact) mass is 741 g/mol. The van der Waals surface area contributed by atoms with Crippen molar-refractivity contribution >= 4 is 49.3 Å². The Morgan fingerprint density at radius 3 is 1.55 bits per heavy atom. The molecule has 0 aliphatic rings. The van der Waals surface area contributed by atoms with Crippen molar-refractivity contribution in [2.75, 3.05) is 0 Å². The number of hydrogen-bond acceptors (Lipinski definition) is 4. The van der Waals surface area contributed by atoms with Gasteiger partial charge in [-0.2, -0.15) is 10.5 Å². The fourth-order valence-corrected chi connectivity index (χ4v) is 8.41. The molecule has 58 heavy (non-hydrogen) atoms. The Hall–Kier alpha value is -8.31. The minimum atomic E-state index is 0.482. The summed E-state index contributed by atoms with van der Waals surface area (Å²) in [4.78, 5) is 13.5. The third-order valence-corrected chi connectivity index (χ3v) is 10.9. The zero-order valence-electron chi connectivity index (χ0n) is 31.6. The molecule has 7 aromatic carbocycles. The fourth-order valence-electron chi connectivity index (χ4n) is 8.41. The van der Waals surface area contributed by atoms with Crippen LogP contribution in [0, 0.1) is 43.1 Å². The average Bonchev–Trinajstić information content (AvgIpc) is 3.77. The zero-order valence-corrected chi connectivity index (χ0v) is 31.6. The first-order valence-electron chi connectivity index (χ1n) is 18.9. The van der Waals surface area contributed by atoms with Gasteiger partial charge in [-0.25, -0.2) is 14.8 Å². The van der Waals surface area contributed by atoms with Crippen molar-refractivity contribution in [1.29, 1.82) is 10.5 Å². The van der Waals surface area contributed by atoms with Gasteiger partial charge in [0.15, 0.2) is 11.5 Å². The number of para-hydroxylation sites is 2. The SMILES string of the molecule is [C-]#[N+]c1cccc(-c2ccc3c4ccccc4n(-c4cc(-c5nc(C)cc(C)n5)cc(-n5c6ccccc6c6ccc(-c7cccc(C#N)c7)cc65)c4C#N)c3c2)c1. The minimum absolute atomic E-state index is 0.482. The molecule has 3 aromatic heterocycles. The first-order chi connectivity index (χ1) is 28.4. The Kier molecular flexibility index (Phi) is 7.94. The topological polar surface area (TPSA) is 87.6 Å². The van der Waals surface area contributed by atoms with Crippen LogP contribution >= 0.6 is 0 Å². The summed E-state index contributed by atoms with van der Waals surface area (Å²) in [6.45, 7) is 11.6. The second-order valence-electron chi connectivity index (χ2n) is 14.5. The van der Waals surface area contributed by atoms with Gasteiger partial charge in [-0.15, -0.1) is 0 Å². The van der Waals surface area contributed by atoms with Crippen molar-refractivity contribution in [3.8, 4) is 57.2 Å². The number of rotatable bonds is 5. The van der Waals surface area contributed by atoms with E-state index in [2.05, 4.69) is 86.8 Å². The van der Waals surface area contributed by atoms with Crippen molar-refractivity contribution in [2.45, 2.75) is 13.8 Å². The normalized spacial score (nSPS) is 11.2. The number of fused-ring (bicyclic) bond motifs is 6. The van der Waals surface area contributed by atoms with Crippen LogP contribution in [0.15, 0.2) is 152 Å². The highest BCUT2D eigenvalue weighted by atomic mass is 15.0. The molecule has 0 bridgehead atoms. The van der Waals surface area contributed by atoms with Crippen molar-refractivity contribution in [3.05, 3.63) is 186 Å². The lowest BCUT2D eigenvalue weighted by molar-refractivity contribution is 1.05. The highest BCUT2D eigenvalue weighted by molar-refractivity contribution is 6.12. The standard InChI is InChI=1S/C51H31N7/c1-31-22-32(2)56-51(55-31)38-27-49(57-45-16-6-4-14-40(45)42-20-18-36(25-47(42)57)34-11-8-10-33(23-34)29-52)44(30-53)50(28-38)58-46-17-7-5-15-41(46)43-21-19-37(26-48(43)58)35-12-9-13-39(24-35)54-3/h4-28H,1-2H3. The van der Waals surface area contributed by atoms with Gasteiger partial charge >= 0.3 is 0 Å². The summed E-state index contributed by atoms with van der Waals surface area (Å²) < 4.78 is 4.37. The van der Waals surface area contributed by atoms with Crippen molar-refractivity contribution in [1.82, 2.24) is 19.1 Å². The smallest absolute Gasteiger partial charge is 0.187 e. The lowest BCUT2D eigenvalue weighted by Gasteiger charge is -2.18. The molecule has 0 aliphatic carbocycles. The molecule has 0 spiro atoms. The predicted molar refractivity (Wildman–Crippen MR) is 232 cm³/mol. The number of hydrogen-bond donors (Lipinski definition) is 0. The third kappa shape index (κ3) is 5.48. The molecule has 0 aliphatic heterocycles. The largest absolute Gasteiger partial charge is 0.308 e. The van der Waals surface area contributed by atoms with Crippen LogP contribution in [0.4, 0.5) is 5.69 Å². The second kappa shape index (κ2) is 13.5. The first-order valence-corrected chi connectivity index (χ1v) is 18.9. The Balaban J connectivity index is 1.34. The van der Waals surface area contributed by atoms with E-state index in [-0.39, 0.29) is 0 Å². The maximum Gasteiger partial charge on any atom is 0.187 e. The molecule has 0 amide bonds. The van der Waals surface area contributed by atoms with E-state index in [4.69, 9.17) is 16.5 Å². The van der Waals surface area contributed by atoms with Crippen molar-refractivity contribution < 1.29 is 0 Å². The van der Waals surface area contributed by atoms with Gasteiger partial charge in [0.2, 0.25) is 0 Å². The molecular formula is C51H31N7. The van der Waals surface area contributed by atoms with Gasteiger partial charge in [0.05, 0.1) is 51.6 Å². The highest BCUT2D eigenvalue weighted by Crippen LogP contribution is 2.41. The number of aryl methyl sites for hydroxylation is 2. The third-order valence-electron chi connectivity index (χ3n) is 10.9. The van der Waals surface area contributed by atoms with Gasteiger partial charge in [0.25, 0.3) is 0 Å². The maximum atomic E-state index is 11.4. The number of benzene rings is 7. The van der Waals surface area contributed by atoms with Crippen LogP contribution in [-0.2, 0) is 0 Å². The second-order valence-corrected chi connectivity index (χ2v) is 14.5. The number of nitriles is 2. The number of nitrogens with zero attached hydrogens (tertiary/aromatic N) is 7. The Bertz CT molecular complexity index is 3260. The van der Waals surface area contributed by atoms with Gasteiger partial charge in [-0.1, -0.05) is 91.0 Å². The van der Waals surface area contributed by atoms with Crippen LogP contribution in [0.2, 0.25) is 0 Å². The summed E-state index contributed by atoms with van der Waals surface area (Å²) in [5.74, 6) is 0.566. The van der Waals surface area contributed by atoms with E-state index in [1.807, 2.05) is 105 Å². The van der Waals surface area contributed by atoms with E-state index in [1.54, 1.807) is 0 Å². The molecule has 7 nitrogen and oxygen atoms in total. The van der Waals surface area contributed by atoms with Gasteiger partial charge in [0, 0.05) is 38.5 Å². The molecule has 270 valence electrons. The number of aromatic nitrogens is 4. The Labute approximate surface area is 334 Å². The van der Waals surface area contributed by atoms with Crippen LogP contribution in [-0.4, -0.2) is 19.1 Å². The zero-order chi connectivity index (χ0) is 39.5. The van der Waals surface area contributed by atoms with Gasteiger partial charge in [-0.3, -0.25) is 0 Å². The summed E-state index contributed by atoms with van der Waals surface area (Å²) in [5, 5.41) is 25.3. The summed E-state index contributed by atoms with van der Waals surface area (Å²) in [5.41, 5.74) is 13.0. The highest BCUT2D eigenvalue weighted by Gasteiger charge is 2.24. The molecule has 3 heterocycles. The lowest BCUT2D eigenvalue weighted by Crippen LogP contribution is -2.06. The maximum absolute atomic E-state index is 11.4. The van der Waals surface area contributed by atoms with Gasteiger partial charge < -0.3 is 9.13 Å². The van der Waals surface area contributed by atoms with E-state index < -0.39 is 0 Å². The molecule has 7 heteroatoms. The summed E-state index contributed by atoms with van der Waals surface area (Å²) >= 11 is 0. The Morgan fingerprint density at radius 1 is 0.483 bits per heavy atom. The van der Waals surface area contributed by atoms with Gasteiger partial charge in [0.1, 0.15) is 11.6 Å². The van der Waals surface area contributed by atoms with E-state index in [9.17, 15) is 10.5 Å². The molecule has 10 aromatic rings. The molecule has 0 N–H and O–H groups in total. The van der Waals surface area contributed by atoms with E-state index in [1.165, 1.54) is 0 Å². The van der Waals surface area contributed by atoms with Crippen molar-refractivity contribution in [3.63, 3.8) is 0 Å². The first kappa shape index (κ1) is 34.2. The van der Waals surface area contributed by atoms with Crippen LogP contribution in [0.25, 0.3) is 93.5 Å². The van der Waals surface area contributed by atoms with Crippen LogP contribution in [0.3, 0.4) is 0 Å². The van der Waals surface area contributed by atoms with Crippen LogP contribution < -0.4 is 0 Å². The van der Waals surface area contributed by atoms with E-state index in [0.717, 1.165) is 82.8 Å². The Morgan fingerprint density at radius 2 is 1.00 bits per heavy atom. The molecule has 0 saturated carbocycles. The van der Waals surface area contributed by atoms with E-state index in [0.29, 0.717) is 34.0 Å². The fraction of sp³-hybridized carbons (Fsp3) is 0.0392. The molecule has 0 atom stereocenters. The minimum Gasteiger partial charge on any atom is -0.308 e. The predicted octanol–water partition coefficient (Wildman–Crippen LogP) is 12.6.